The van der Waals surface area contributed by atoms with Crippen LogP contribution in [-0.4, -0.2) is 49.0 Å². The van der Waals surface area contributed by atoms with Gasteiger partial charge in [0.15, 0.2) is 5.65 Å². The number of aromatic nitrogens is 4. The SMILES string of the molecule is Cc1nc(C2=CCN(C(=O)OC(C)(C)C)CC2)c2cnc3[nH]ccc3n12. The molecule has 0 radical (unpaired) electrons. The van der Waals surface area contributed by atoms with E-state index < -0.39 is 5.60 Å². The van der Waals surface area contributed by atoms with Crippen molar-refractivity contribution in [1.82, 2.24) is 24.3 Å². The first-order valence-corrected chi connectivity index (χ1v) is 8.82. The third-order valence-electron chi connectivity index (χ3n) is 4.51. The predicted octanol–water partition coefficient (Wildman–Crippen LogP) is 3.54. The summed E-state index contributed by atoms with van der Waals surface area (Å²) in [7, 11) is 0. The summed E-state index contributed by atoms with van der Waals surface area (Å²) in [4.78, 5) is 26.4. The van der Waals surface area contributed by atoms with Crippen molar-refractivity contribution in [2.75, 3.05) is 13.1 Å². The number of ether oxygens (including phenoxy) is 1. The van der Waals surface area contributed by atoms with Crippen LogP contribution in [0.5, 0.6) is 0 Å². The molecule has 0 saturated heterocycles. The summed E-state index contributed by atoms with van der Waals surface area (Å²) in [6.45, 7) is 8.79. The minimum atomic E-state index is -0.480. The Kier molecular flexibility index (Phi) is 3.75. The molecule has 136 valence electrons. The smallest absolute Gasteiger partial charge is 0.410 e. The molecular weight excluding hydrogens is 330 g/mol. The molecule has 0 bridgehead atoms. The van der Waals surface area contributed by atoms with Gasteiger partial charge in [-0.05, 0) is 45.8 Å². The van der Waals surface area contributed by atoms with Crippen LogP contribution in [0.15, 0.2) is 24.5 Å². The van der Waals surface area contributed by atoms with Crippen LogP contribution in [0.4, 0.5) is 4.79 Å². The summed E-state index contributed by atoms with van der Waals surface area (Å²) in [5.74, 6) is 0.928. The van der Waals surface area contributed by atoms with Gasteiger partial charge in [-0.15, -0.1) is 0 Å². The van der Waals surface area contributed by atoms with E-state index in [0.29, 0.717) is 13.1 Å². The van der Waals surface area contributed by atoms with E-state index in [1.165, 1.54) is 0 Å². The lowest BCUT2D eigenvalue weighted by atomic mass is 10.0. The molecule has 0 atom stereocenters. The van der Waals surface area contributed by atoms with Crippen molar-refractivity contribution >= 4 is 28.3 Å². The van der Waals surface area contributed by atoms with Crippen LogP contribution in [0.2, 0.25) is 0 Å². The zero-order valence-corrected chi connectivity index (χ0v) is 15.5. The number of aryl methyl sites for hydroxylation is 1. The number of rotatable bonds is 1. The Morgan fingerprint density at radius 3 is 2.81 bits per heavy atom. The van der Waals surface area contributed by atoms with Crippen LogP contribution in [0, 0.1) is 6.92 Å². The lowest BCUT2D eigenvalue weighted by Crippen LogP contribution is -2.39. The molecule has 0 fully saturated rings. The van der Waals surface area contributed by atoms with Crippen LogP contribution in [0.1, 0.15) is 38.7 Å². The van der Waals surface area contributed by atoms with Gasteiger partial charge in [0.1, 0.15) is 11.4 Å². The Bertz CT molecular complexity index is 1020. The fourth-order valence-electron chi connectivity index (χ4n) is 3.35. The molecule has 1 aliphatic rings. The second-order valence-electron chi connectivity index (χ2n) is 7.60. The Balaban J connectivity index is 1.64. The first-order valence-electron chi connectivity index (χ1n) is 8.82. The Labute approximate surface area is 151 Å². The van der Waals surface area contributed by atoms with Gasteiger partial charge in [-0.25, -0.2) is 14.8 Å². The molecule has 1 N–H and O–H groups in total. The molecule has 7 heteroatoms. The average molecular weight is 353 g/mol. The van der Waals surface area contributed by atoms with E-state index in [0.717, 1.165) is 40.2 Å². The van der Waals surface area contributed by atoms with Crippen LogP contribution in [-0.2, 0) is 4.74 Å². The fourth-order valence-corrected chi connectivity index (χ4v) is 3.35. The number of hydrogen-bond acceptors (Lipinski definition) is 4. The van der Waals surface area contributed by atoms with E-state index in [-0.39, 0.29) is 6.09 Å². The van der Waals surface area contributed by atoms with Gasteiger partial charge in [-0.1, -0.05) is 6.08 Å². The zero-order valence-electron chi connectivity index (χ0n) is 15.5. The topological polar surface area (TPSA) is 75.5 Å². The van der Waals surface area contributed by atoms with Crippen LogP contribution >= 0.6 is 0 Å². The second-order valence-corrected chi connectivity index (χ2v) is 7.60. The molecule has 7 nitrogen and oxygen atoms in total. The molecule has 0 saturated carbocycles. The highest BCUT2D eigenvalue weighted by Crippen LogP contribution is 2.28. The Hall–Kier alpha value is -2.83. The molecule has 3 aromatic heterocycles. The maximum Gasteiger partial charge on any atom is 0.410 e. The first-order chi connectivity index (χ1) is 12.3. The standard InChI is InChI=1S/C19H23N5O2/c1-12-22-16(15-11-21-17-14(24(12)15)5-8-20-17)13-6-9-23(10-7-13)18(25)26-19(2,3)4/h5-6,8,11,20H,7,9-10H2,1-4H3. The van der Waals surface area contributed by atoms with Crippen molar-refractivity contribution in [3.63, 3.8) is 0 Å². The van der Waals surface area contributed by atoms with Crippen LogP contribution in [0.25, 0.3) is 22.3 Å². The highest BCUT2D eigenvalue weighted by molar-refractivity contribution is 5.83. The number of H-pyrrole nitrogens is 1. The second kappa shape index (κ2) is 5.86. The van der Waals surface area contributed by atoms with Gasteiger partial charge in [0.25, 0.3) is 0 Å². The number of carbonyl (C=O) groups is 1. The third kappa shape index (κ3) is 2.83. The molecule has 1 amide bonds. The van der Waals surface area contributed by atoms with Gasteiger partial charge in [0.2, 0.25) is 0 Å². The number of imidazole rings is 1. The third-order valence-corrected chi connectivity index (χ3v) is 4.51. The van der Waals surface area contributed by atoms with Crippen molar-refractivity contribution < 1.29 is 9.53 Å². The summed E-state index contributed by atoms with van der Waals surface area (Å²) in [5, 5.41) is 0. The van der Waals surface area contributed by atoms with Crippen LogP contribution in [0.3, 0.4) is 0 Å². The quantitative estimate of drug-likeness (QED) is 0.726. The maximum atomic E-state index is 12.2. The Morgan fingerprint density at radius 1 is 1.31 bits per heavy atom. The first kappa shape index (κ1) is 16.6. The summed E-state index contributed by atoms with van der Waals surface area (Å²) in [6, 6.07) is 2.01. The highest BCUT2D eigenvalue weighted by atomic mass is 16.6. The van der Waals surface area contributed by atoms with Crippen molar-refractivity contribution in [3.05, 3.63) is 36.1 Å². The fraction of sp³-hybridized carbons (Fsp3) is 0.421. The predicted molar refractivity (Wildman–Crippen MR) is 100.0 cm³/mol. The number of hydrogen-bond donors (Lipinski definition) is 1. The number of nitrogens with one attached hydrogen (secondary N) is 1. The zero-order chi connectivity index (χ0) is 18.5. The minimum absolute atomic E-state index is 0.269. The number of amides is 1. The van der Waals surface area contributed by atoms with Gasteiger partial charge in [-0.2, -0.15) is 0 Å². The summed E-state index contributed by atoms with van der Waals surface area (Å²) in [5.41, 5.74) is 4.47. The molecule has 0 unspecified atom stereocenters. The molecule has 3 aromatic rings. The number of carbonyl (C=O) groups excluding carboxylic acids is 1. The molecule has 0 aliphatic carbocycles. The molecule has 4 heterocycles. The van der Waals surface area contributed by atoms with E-state index in [1.807, 2.05) is 46.2 Å². The lowest BCUT2D eigenvalue weighted by Gasteiger charge is -2.29. The normalized spacial score (nSPS) is 15.5. The van der Waals surface area contributed by atoms with Gasteiger partial charge < -0.3 is 14.6 Å². The number of fused-ring (bicyclic) bond motifs is 3. The summed E-state index contributed by atoms with van der Waals surface area (Å²) >= 11 is 0. The molecular formula is C19H23N5O2. The monoisotopic (exact) mass is 353 g/mol. The van der Waals surface area contributed by atoms with E-state index in [9.17, 15) is 4.79 Å². The van der Waals surface area contributed by atoms with Crippen molar-refractivity contribution in [2.45, 2.75) is 39.7 Å². The molecule has 0 spiro atoms. The van der Waals surface area contributed by atoms with E-state index in [4.69, 9.17) is 9.72 Å². The molecule has 1 aliphatic heterocycles. The van der Waals surface area contributed by atoms with Crippen LogP contribution < -0.4 is 0 Å². The summed E-state index contributed by atoms with van der Waals surface area (Å²) < 4.78 is 7.58. The molecule has 26 heavy (non-hydrogen) atoms. The van der Waals surface area contributed by atoms with Gasteiger partial charge in [0, 0.05) is 19.3 Å². The van der Waals surface area contributed by atoms with Crippen molar-refractivity contribution in [1.29, 1.82) is 0 Å². The largest absolute Gasteiger partial charge is 0.444 e. The highest BCUT2D eigenvalue weighted by Gasteiger charge is 2.25. The van der Waals surface area contributed by atoms with Gasteiger partial charge in [0.05, 0.1) is 22.9 Å². The summed E-state index contributed by atoms with van der Waals surface area (Å²) in [6.07, 6.45) is 6.28. The number of nitrogens with zero attached hydrogens (tertiary/aromatic N) is 4. The lowest BCUT2D eigenvalue weighted by molar-refractivity contribution is 0.0270. The minimum Gasteiger partial charge on any atom is -0.444 e. The van der Waals surface area contributed by atoms with Gasteiger partial charge in [-0.3, -0.25) is 4.40 Å². The van der Waals surface area contributed by atoms with Crippen molar-refractivity contribution in [3.8, 4) is 0 Å². The van der Waals surface area contributed by atoms with E-state index in [1.54, 1.807) is 4.90 Å². The average Bonchev–Trinajstić information content (AvgIpc) is 3.17. The van der Waals surface area contributed by atoms with E-state index in [2.05, 4.69) is 20.4 Å². The maximum absolute atomic E-state index is 12.2. The molecule has 0 aromatic carbocycles. The van der Waals surface area contributed by atoms with Crippen molar-refractivity contribution in [2.24, 2.45) is 0 Å². The van der Waals surface area contributed by atoms with Gasteiger partial charge >= 0.3 is 6.09 Å². The molecule has 4 rings (SSSR count). The Morgan fingerprint density at radius 2 is 2.12 bits per heavy atom. The van der Waals surface area contributed by atoms with E-state index >= 15 is 0 Å². The number of aromatic amines is 1.